The lowest BCUT2D eigenvalue weighted by molar-refractivity contribution is -0.132. The Morgan fingerprint density at radius 1 is 0.968 bits per heavy atom. The van der Waals surface area contributed by atoms with Crippen LogP contribution in [0.4, 0.5) is 10.1 Å². The number of rotatable bonds is 3. The number of halogens is 1. The number of aliphatic hydroxyl groups excluding tert-OH is 1. The van der Waals surface area contributed by atoms with E-state index in [9.17, 15) is 24.2 Å². The molecule has 0 bridgehead atoms. The molecule has 0 radical (unpaired) electrons. The van der Waals surface area contributed by atoms with Crippen molar-refractivity contribution in [3.8, 4) is 5.75 Å². The molecule has 1 aliphatic rings. The maximum Gasteiger partial charge on any atom is 0.300 e. The first-order chi connectivity index (χ1) is 14.8. The molecule has 156 valence electrons. The van der Waals surface area contributed by atoms with Gasteiger partial charge in [0.1, 0.15) is 17.3 Å². The fourth-order valence-electron chi connectivity index (χ4n) is 3.76. The first kappa shape index (κ1) is 20.3. The van der Waals surface area contributed by atoms with Crippen LogP contribution in [0.1, 0.15) is 28.3 Å². The summed E-state index contributed by atoms with van der Waals surface area (Å²) < 4.78 is 13.7. The number of benzene rings is 3. The summed E-state index contributed by atoms with van der Waals surface area (Å²) in [4.78, 5) is 27.4. The van der Waals surface area contributed by atoms with Crippen molar-refractivity contribution in [3.05, 3.63) is 100 Å². The summed E-state index contributed by atoms with van der Waals surface area (Å²) >= 11 is 0. The highest BCUT2D eigenvalue weighted by Gasteiger charge is 2.47. The van der Waals surface area contributed by atoms with Gasteiger partial charge in [0.15, 0.2) is 0 Å². The van der Waals surface area contributed by atoms with E-state index < -0.39 is 29.3 Å². The van der Waals surface area contributed by atoms with Crippen molar-refractivity contribution in [1.29, 1.82) is 0 Å². The molecule has 1 unspecified atom stereocenters. The maximum absolute atomic E-state index is 13.7. The van der Waals surface area contributed by atoms with Crippen LogP contribution < -0.4 is 4.90 Å². The molecule has 1 atom stereocenters. The Balaban J connectivity index is 1.96. The summed E-state index contributed by atoms with van der Waals surface area (Å²) in [7, 11) is 0. The van der Waals surface area contributed by atoms with Gasteiger partial charge in [0.05, 0.1) is 11.6 Å². The van der Waals surface area contributed by atoms with E-state index in [4.69, 9.17) is 0 Å². The zero-order valence-corrected chi connectivity index (χ0v) is 17.0. The third kappa shape index (κ3) is 3.57. The molecule has 5 nitrogen and oxygen atoms in total. The van der Waals surface area contributed by atoms with E-state index in [0.29, 0.717) is 16.8 Å². The Morgan fingerprint density at radius 3 is 2.32 bits per heavy atom. The molecule has 6 heteroatoms. The van der Waals surface area contributed by atoms with E-state index >= 15 is 0 Å². The van der Waals surface area contributed by atoms with Gasteiger partial charge in [0.2, 0.25) is 0 Å². The molecule has 4 rings (SSSR count). The number of phenols is 1. The highest BCUT2D eigenvalue weighted by atomic mass is 19.1. The number of ketones is 1. The Bertz CT molecular complexity index is 1230. The van der Waals surface area contributed by atoms with Gasteiger partial charge >= 0.3 is 0 Å². The third-order valence-electron chi connectivity index (χ3n) is 5.37. The topological polar surface area (TPSA) is 77.8 Å². The van der Waals surface area contributed by atoms with Crippen LogP contribution in [0, 0.1) is 19.7 Å². The second-order valence-corrected chi connectivity index (χ2v) is 7.56. The van der Waals surface area contributed by atoms with Gasteiger partial charge in [-0.05, 0) is 67.4 Å². The normalized spacial score (nSPS) is 17.9. The third-order valence-corrected chi connectivity index (χ3v) is 5.37. The van der Waals surface area contributed by atoms with E-state index in [-0.39, 0.29) is 16.9 Å². The quantitative estimate of drug-likeness (QED) is 0.365. The number of hydrogen-bond acceptors (Lipinski definition) is 4. The minimum absolute atomic E-state index is 0.0374. The number of aliphatic hydroxyl groups is 1. The van der Waals surface area contributed by atoms with Crippen molar-refractivity contribution in [1.82, 2.24) is 0 Å². The highest BCUT2D eigenvalue weighted by molar-refractivity contribution is 6.51. The number of anilines is 1. The van der Waals surface area contributed by atoms with E-state index in [0.717, 1.165) is 5.56 Å². The van der Waals surface area contributed by atoms with Crippen molar-refractivity contribution in [2.75, 3.05) is 4.90 Å². The summed E-state index contributed by atoms with van der Waals surface area (Å²) in [5.74, 6) is -2.53. The number of phenolic OH excluding ortho intramolecular Hbond substituents is 1. The van der Waals surface area contributed by atoms with Crippen LogP contribution in [-0.4, -0.2) is 21.9 Å². The first-order valence-corrected chi connectivity index (χ1v) is 9.71. The Kier molecular flexibility index (Phi) is 5.07. The monoisotopic (exact) mass is 417 g/mol. The molecule has 1 fully saturated rings. The van der Waals surface area contributed by atoms with Crippen molar-refractivity contribution in [2.45, 2.75) is 19.9 Å². The largest absolute Gasteiger partial charge is 0.508 e. The van der Waals surface area contributed by atoms with Gasteiger partial charge in [-0.15, -0.1) is 0 Å². The molecule has 31 heavy (non-hydrogen) atoms. The van der Waals surface area contributed by atoms with Gasteiger partial charge in [-0.25, -0.2) is 4.39 Å². The predicted molar refractivity (Wildman–Crippen MR) is 115 cm³/mol. The SMILES string of the molecule is Cc1ccc(N2C(=O)C(=O)/C(=C(\O)c3ccc(F)c(C)c3)C2c2cccc(O)c2)cc1. The molecule has 3 aromatic carbocycles. The molecule has 1 aliphatic heterocycles. The zero-order valence-electron chi connectivity index (χ0n) is 17.0. The predicted octanol–water partition coefficient (Wildman–Crippen LogP) is 4.77. The van der Waals surface area contributed by atoms with Crippen molar-refractivity contribution in [3.63, 3.8) is 0 Å². The lowest BCUT2D eigenvalue weighted by Crippen LogP contribution is -2.29. The van der Waals surface area contributed by atoms with Gasteiger partial charge in [-0.1, -0.05) is 29.8 Å². The van der Waals surface area contributed by atoms with Gasteiger partial charge in [-0.2, -0.15) is 0 Å². The fourth-order valence-corrected chi connectivity index (χ4v) is 3.76. The van der Waals surface area contributed by atoms with Crippen molar-refractivity contribution >= 4 is 23.1 Å². The molecule has 0 aromatic heterocycles. The fraction of sp³-hybridized carbons (Fsp3) is 0.120. The summed E-state index contributed by atoms with van der Waals surface area (Å²) in [6.45, 7) is 3.45. The molecule has 0 aliphatic carbocycles. The van der Waals surface area contributed by atoms with Crippen LogP contribution in [0.5, 0.6) is 5.75 Å². The second kappa shape index (κ2) is 7.72. The molecule has 0 spiro atoms. The molecule has 1 saturated heterocycles. The molecular weight excluding hydrogens is 397 g/mol. The maximum atomic E-state index is 13.7. The number of carbonyl (C=O) groups excluding carboxylic acids is 2. The van der Waals surface area contributed by atoms with Crippen molar-refractivity contribution in [2.24, 2.45) is 0 Å². The number of aryl methyl sites for hydroxylation is 2. The lowest BCUT2D eigenvalue weighted by atomic mass is 9.94. The number of amides is 1. The Hall–Kier alpha value is -3.93. The minimum Gasteiger partial charge on any atom is -0.508 e. The van der Waals surface area contributed by atoms with Gasteiger partial charge < -0.3 is 10.2 Å². The number of nitrogens with zero attached hydrogens (tertiary/aromatic N) is 1. The van der Waals surface area contributed by atoms with Gasteiger partial charge in [0, 0.05) is 11.3 Å². The van der Waals surface area contributed by atoms with Crippen LogP contribution in [0.15, 0.2) is 72.3 Å². The van der Waals surface area contributed by atoms with Gasteiger partial charge in [-0.3, -0.25) is 14.5 Å². The minimum atomic E-state index is -0.958. The van der Waals surface area contributed by atoms with E-state index in [1.165, 1.54) is 35.2 Å². The number of hydrogen-bond donors (Lipinski definition) is 2. The number of aromatic hydroxyl groups is 1. The summed E-state index contributed by atoms with van der Waals surface area (Å²) in [6.07, 6.45) is 0. The van der Waals surface area contributed by atoms with E-state index in [1.807, 2.05) is 19.1 Å². The van der Waals surface area contributed by atoms with Crippen LogP contribution in [0.25, 0.3) is 5.76 Å². The van der Waals surface area contributed by atoms with Crippen LogP contribution in [0.2, 0.25) is 0 Å². The standard InChI is InChI=1S/C25H20FNO4/c1-14-6-9-18(10-7-14)27-22(16-4-3-5-19(28)13-16)21(24(30)25(27)31)23(29)17-8-11-20(26)15(2)12-17/h3-13,22,28-29H,1-2H3/b23-21-. The van der Waals surface area contributed by atoms with Crippen LogP contribution in [0.3, 0.4) is 0 Å². The zero-order chi connectivity index (χ0) is 22.3. The lowest BCUT2D eigenvalue weighted by Gasteiger charge is -2.25. The van der Waals surface area contributed by atoms with Crippen LogP contribution in [-0.2, 0) is 9.59 Å². The number of Topliss-reactive ketones (excluding diaryl/α,β-unsaturated/α-hetero) is 1. The van der Waals surface area contributed by atoms with Crippen molar-refractivity contribution < 1.29 is 24.2 Å². The van der Waals surface area contributed by atoms with Crippen LogP contribution >= 0.6 is 0 Å². The summed E-state index contributed by atoms with van der Waals surface area (Å²) in [5, 5.41) is 21.0. The average molecular weight is 417 g/mol. The Morgan fingerprint density at radius 2 is 1.68 bits per heavy atom. The second-order valence-electron chi connectivity index (χ2n) is 7.56. The average Bonchev–Trinajstić information content (AvgIpc) is 3.01. The molecule has 2 N–H and O–H groups in total. The molecule has 1 heterocycles. The van der Waals surface area contributed by atoms with E-state index in [2.05, 4.69) is 0 Å². The molecule has 1 amide bonds. The van der Waals surface area contributed by atoms with E-state index in [1.54, 1.807) is 31.2 Å². The molecule has 3 aromatic rings. The first-order valence-electron chi connectivity index (χ1n) is 9.71. The Labute approximate surface area is 178 Å². The summed E-state index contributed by atoms with van der Waals surface area (Å²) in [5.41, 5.74) is 2.32. The molecular formula is C25H20FNO4. The van der Waals surface area contributed by atoms with Gasteiger partial charge in [0.25, 0.3) is 11.7 Å². The number of carbonyl (C=O) groups is 2. The smallest absolute Gasteiger partial charge is 0.300 e. The molecule has 0 saturated carbocycles. The highest BCUT2D eigenvalue weighted by Crippen LogP contribution is 2.42. The summed E-state index contributed by atoms with van der Waals surface area (Å²) in [6, 6.07) is 16.3.